The minimum absolute atomic E-state index is 0.0236. The average Bonchev–Trinajstić information content (AvgIpc) is 2.82. The van der Waals surface area contributed by atoms with Crippen LogP contribution in [0.15, 0.2) is 30.5 Å². The molecule has 1 aromatic heterocycles. The second kappa shape index (κ2) is 5.65. The van der Waals surface area contributed by atoms with Crippen LogP contribution in [0.2, 0.25) is 0 Å². The monoisotopic (exact) mass is 289 g/mol. The van der Waals surface area contributed by atoms with E-state index in [2.05, 4.69) is 25.9 Å². The van der Waals surface area contributed by atoms with E-state index < -0.39 is 4.92 Å². The van der Waals surface area contributed by atoms with Crippen LogP contribution >= 0.6 is 0 Å². The predicted octanol–water partition coefficient (Wildman–Crippen LogP) is 2.75. The van der Waals surface area contributed by atoms with Gasteiger partial charge in [0, 0.05) is 5.56 Å². The Labute approximate surface area is 123 Å². The lowest BCUT2D eigenvalue weighted by atomic mass is 9.86. The van der Waals surface area contributed by atoms with Crippen molar-refractivity contribution in [2.75, 3.05) is 6.61 Å². The summed E-state index contributed by atoms with van der Waals surface area (Å²) in [5, 5.41) is 24.2. The van der Waals surface area contributed by atoms with E-state index in [0.717, 1.165) is 11.1 Å². The molecule has 112 valence electrons. The van der Waals surface area contributed by atoms with Crippen LogP contribution in [0.5, 0.6) is 0 Å². The second-order valence-electron chi connectivity index (χ2n) is 5.91. The predicted molar refractivity (Wildman–Crippen MR) is 80.1 cm³/mol. The fourth-order valence-electron chi connectivity index (χ4n) is 2.20. The zero-order valence-corrected chi connectivity index (χ0v) is 12.4. The zero-order valence-electron chi connectivity index (χ0n) is 12.4. The fourth-order valence-corrected chi connectivity index (χ4v) is 2.20. The van der Waals surface area contributed by atoms with Gasteiger partial charge in [-0.15, -0.1) is 0 Å². The van der Waals surface area contributed by atoms with E-state index in [9.17, 15) is 10.1 Å². The van der Waals surface area contributed by atoms with Gasteiger partial charge in [0.1, 0.15) is 11.9 Å². The van der Waals surface area contributed by atoms with Crippen LogP contribution < -0.4 is 0 Å². The van der Waals surface area contributed by atoms with Gasteiger partial charge in [0.05, 0.1) is 18.1 Å². The summed E-state index contributed by atoms with van der Waals surface area (Å²) >= 11 is 0. The minimum atomic E-state index is -0.451. The van der Waals surface area contributed by atoms with Gasteiger partial charge < -0.3 is 5.11 Å². The first-order valence-corrected chi connectivity index (χ1v) is 6.76. The Morgan fingerprint density at radius 2 is 1.90 bits per heavy atom. The second-order valence-corrected chi connectivity index (χ2v) is 5.91. The van der Waals surface area contributed by atoms with Crippen molar-refractivity contribution < 1.29 is 10.0 Å². The van der Waals surface area contributed by atoms with Gasteiger partial charge >= 0.3 is 5.69 Å². The van der Waals surface area contributed by atoms with E-state index in [0.29, 0.717) is 5.69 Å². The standard InChI is InChI=1S/C15H19N3O3/c1-15(2,3)12-6-4-11(5-7-12)14-13(18(20)21)10-16-17(14)8-9-19/h4-7,10,19H,8-9H2,1-3H3. The maximum Gasteiger partial charge on any atom is 0.314 e. The van der Waals surface area contributed by atoms with Crippen molar-refractivity contribution in [1.29, 1.82) is 0 Å². The average molecular weight is 289 g/mol. The number of rotatable bonds is 4. The first-order chi connectivity index (χ1) is 9.84. The van der Waals surface area contributed by atoms with E-state index in [1.54, 1.807) is 0 Å². The highest BCUT2D eigenvalue weighted by molar-refractivity contribution is 5.69. The summed E-state index contributed by atoms with van der Waals surface area (Å²) in [6, 6.07) is 7.65. The summed E-state index contributed by atoms with van der Waals surface area (Å²) < 4.78 is 1.46. The Hall–Kier alpha value is -2.21. The molecular weight excluding hydrogens is 270 g/mol. The maximum atomic E-state index is 11.1. The summed E-state index contributed by atoms with van der Waals surface area (Å²) in [6.45, 7) is 6.44. The van der Waals surface area contributed by atoms with Gasteiger partial charge in [-0.25, -0.2) is 0 Å². The Balaban J connectivity index is 2.50. The van der Waals surface area contributed by atoms with Crippen LogP contribution in [0.25, 0.3) is 11.3 Å². The number of hydrogen-bond acceptors (Lipinski definition) is 4. The van der Waals surface area contributed by atoms with Gasteiger partial charge in [-0.1, -0.05) is 45.0 Å². The Morgan fingerprint density at radius 3 is 2.38 bits per heavy atom. The van der Waals surface area contributed by atoms with Crippen molar-refractivity contribution in [3.8, 4) is 11.3 Å². The Kier molecular flexibility index (Phi) is 4.09. The number of nitro groups is 1. The number of aromatic nitrogens is 2. The zero-order chi connectivity index (χ0) is 15.6. The van der Waals surface area contributed by atoms with E-state index >= 15 is 0 Å². The van der Waals surface area contributed by atoms with Crippen molar-refractivity contribution in [3.05, 3.63) is 46.1 Å². The van der Waals surface area contributed by atoms with Crippen molar-refractivity contribution in [3.63, 3.8) is 0 Å². The third-order valence-electron chi connectivity index (χ3n) is 3.35. The van der Waals surface area contributed by atoms with Gasteiger partial charge in [0.15, 0.2) is 0 Å². The van der Waals surface area contributed by atoms with Crippen molar-refractivity contribution in [2.24, 2.45) is 0 Å². The number of aliphatic hydroxyl groups excluding tert-OH is 1. The molecule has 0 fully saturated rings. The number of benzene rings is 1. The molecule has 1 aromatic carbocycles. The molecule has 1 N–H and O–H groups in total. The minimum Gasteiger partial charge on any atom is -0.394 e. The third kappa shape index (κ3) is 3.11. The van der Waals surface area contributed by atoms with Crippen LogP contribution in [0.1, 0.15) is 26.3 Å². The highest BCUT2D eigenvalue weighted by Gasteiger charge is 2.22. The number of nitrogens with zero attached hydrogens (tertiary/aromatic N) is 3. The lowest BCUT2D eigenvalue weighted by molar-refractivity contribution is -0.384. The molecule has 0 aliphatic carbocycles. The summed E-state index contributed by atoms with van der Waals surface area (Å²) in [6.07, 6.45) is 1.22. The third-order valence-corrected chi connectivity index (χ3v) is 3.35. The molecule has 1 heterocycles. The molecule has 21 heavy (non-hydrogen) atoms. The topological polar surface area (TPSA) is 81.2 Å². The van der Waals surface area contributed by atoms with Gasteiger partial charge in [-0.3, -0.25) is 14.8 Å². The maximum absolute atomic E-state index is 11.1. The highest BCUT2D eigenvalue weighted by Crippen LogP contribution is 2.31. The van der Waals surface area contributed by atoms with Gasteiger partial charge in [-0.05, 0) is 11.0 Å². The largest absolute Gasteiger partial charge is 0.394 e. The quantitative estimate of drug-likeness (QED) is 0.693. The van der Waals surface area contributed by atoms with Gasteiger partial charge in [0.25, 0.3) is 0 Å². The lowest BCUT2D eigenvalue weighted by Gasteiger charge is -2.19. The summed E-state index contributed by atoms with van der Waals surface area (Å²) in [7, 11) is 0. The van der Waals surface area contributed by atoms with E-state index in [-0.39, 0.29) is 24.3 Å². The number of hydrogen-bond donors (Lipinski definition) is 1. The van der Waals surface area contributed by atoms with Gasteiger partial charge in [0.2, 0.25) is 0 Å². The molecule has 0 bridgehead atoms. The molecule has 6 heteroatoms. The first-order valence-electron chi connectivity index (χ1n) is 6.76. The lowest BCUT2D eigenvalue weighted by Crippen LogP contribution is -2.11. The summed E-state index contributed by atoms with van der Waals surface area (Å²) in [5.41, 5.74) is 2.28. The van der Waals surface area contributed by atoms with Crippen LogP contribution in [-0.4, -0.2) is 26.4 Å². The molecule has 2 rings (SSSR count). The Bertz CT molecular complexity index is 639. The molecule has 0 aliphatic heterocycles. The fraction of sp³-hybridized carbons (Fsp3) is 0.400. The Morgan fingerprint density at radius 1 is 1.29 bits per heavy atom. The summed E-state index contributed by atoms with van der Waals surface area (Å²) in [4.78, 5) is 10.7. The molecule has 0 unspecified atom stereocenters. The highest BCUT2D eigenvalue weighted by atomic mass is 16.6. The molecule has 0 saturated heterocycles. The van der Waals surface area contributed by atoms with Gasteiger partial charge in [-0.2, -0.15) is 5.10 Å². The van der Waals surface area contributed by atoms with E-state index in [4.69, 9.17) is 5.11 Å². The SMILES string of the molecule is CC(C)(C)c1ccc(-c2c([N+](=O)[O-])cnn2CCO)cc1. The van der Waals surface area contributed by atoms with Crippen molar-refractivity contribution >= 4 is 5.69 Å². The van der Waals surface area contributed by atoms with Crippen LogP contribution in [0, 0.1) is 10.1 Å². The number of aliphatic hydroxyl groups is 1. The van der Waals surface area contributed by atoms with Crippen molar-refractivity contribution in [2.45, 2.75) is 32.7 Å². The van der Waals surface area contributed by atoms with Crippen LogP contribution in [0.4, 0.5) is 5.69 Å². The van der Waals surface area contributed by atoms with E-state index in [1.807, 2.05) is 24.3 Å². The molecule has 0 radical (unpaired) electrons. The molecule has 6 nitrogen and oxygen atoms in total. The molecule has 0 atom stereocenters. The molecular formula is C15H19N3O3. The molecule has 0 aliphatic rings. The van der Waals surface area contributed by atoms with Crippen LogP contribution in [-0.2, 0) is 12.0 Å². The summed E-state index contributed by atoms with van der Waals surface area (Å²) in [5.74, 6) is 0. The molecule has 0 saturated carbocycles. The van der Waals surface area contributed by atoms with Crippen LogP contribution in [0.3, 0.4) is 0 Å². The van der Waals surface area contributed by atoms with Crippen molar-refractivity contribution in [1.82, 2.24) is 9.78 Å². The first kappa shape index (κ1) is 15.2. The molecule has 0 amide bonds. The normalized spacial score (nSPS) is 11.6. The smallest absolute Gasteiger partial charge is 0.314 e. The molecule has 0 spiro atoms. The molecule has 2 aromatic rings. The van der Waals surface area contributed by atoms with E-state index in [1.165, 1.54) is 10.9 Å².